The van der Waals surface area contributed by atoms with Crippen LogP contribution in [0, 0.1) is 12.7 Å². The van der Waals surface area contributed by atoms with Crippen LogP contribution in [0.15, 0.2) is 30.5 Å². The molecule has 118 valence electrons. The Morgan fingerprint density at radius 3 is 2.95 bits per heavy atom. The average molecular weight is 305 g/mol. The Morgan fingerprint density at radius 1 is 1.41 bits per heavy atom. The van der Waals surface area contributed by atoms with E-state index in [0.717, 1.165) is 31.0 Å². The van der Waals surface area contributed by atoms with Gasteiger partial charge in [-0.3, -0.25) is 10.00 Å². The van der Waals surface area contributed by atoms with Crippen molar-refractivity contribution in [1.29, 1.82) is 0 Å². The Bertz CT molecular complexity index is 600. The monoisotopic (exact) mass is 305 g/mol. The number of nitrogens with one attached hydrogen (secondary N) is 1. The molecule has 2 aromatic rings. The highest BCUT2D eigenvalue weighted by Crippen LogP contribution is 2.24. The van der Waals surface area contributed by atoms with Gasteiger partial charge in [0.25, 0.3) is 0 Å². The van der Waals surface area contributed by atoms with Crippen molar-refractivity contribution in [3.05, 3.63) is 47.5 Å². The van der Waals surface area contributed by atoms with Crippen LogP contribution in [0.4, 0.5) is 4.39 Å². The van der Waals surface area contributed by atoms with Gasteiger partial charge in [-0.25, -0.2) is 4.39 Å². The lowest BCUT2D eigenvalue weighted by Crippen LogP contribution is -2.42. The number of aryl methyl sites for hydroxylation is 1. The zero-order valence-electron chi connectivity index (χ0n) is 12.6. The Balaban J connectivity index is 1.58. The maximum Gasteiger partial charge on any atom is 0.123 e. The van der Waals surface area contributed by atoms with E-state index >= 15 is 0 Å². The first-order chi connectivity index (χ1) is 10.7. The van der Waals surface area contributed by atoms with Crippen molar-refractivity contribution in [1.82, 2.24) is 15.1 Å². The smallest absolute Gasteiger partial charge is 0.123 e. The number of hydrogen-bond acceptors (Lipinski definition) is 4. The molecule has 2 heterocycles. The lowest BCUT2D eigenvalue weighted by Gasteiger charge is -2.35. The summed E-state index contributed by atoms with van der Waals surface area (Å²) in [6.45, 7) is 5.61. The molecule has 1 fully saturated rings. The molecule has 0 aliphatic carbocycles. The van der Waals surface area contributed by atoms with Gasteiger partial charge >= 0.3 is 0 Å². The van der Waals surface area contributed by atoms with Gasteiger partial charge in [-0.15, -0.1) is 0 Å². The fourth-order valence-corrected chi connectivity index (χ4v) is 2.68. The number of hydrogen-bond donors (Lipinski definition) is 1. The summed E-state index contributed by atoms with van der Waals surface area (Å²) in [6.07, 6.45) is 1.83. The number of ether oxygens (including phenoxy) is 2. The van der Waals surface area contributed by atoms with Crippen LogP contribution in [-0.2, 0) is 4.74 Å². The third-order valence-corrected chi connectivity index (χ3v) is 3.90. The molecule has 0 bridgehead atoms. The molecule has 3 rings (SSSR count). The highest BCUT2D eigenvalue weighted by atomic mass is 19.1. The van der Waals surface area contributed by atoms with Gasteiger partial charge in [-0.1, -0.05) is 0 Å². The highest BCUT2D eigenvalue weighted by Gasteiger charge is 2.26. The van der Waals surface area contributed by atoms with E-state index < -0.39 is 0 Å². The minimum absolute atomic E-state index is 0.174. The molecular formula is C16H20FN3O2. The fourth-order valence-electron chi connectivity index (χ4n) is 2.68. The van der Waals surface area contributed by atoms with E-state index in [2.05, 4.69) is 15.1 Å². The summed E-state index contributed by atoms with van der Waals surface area (Å²) in [5.74, 6) is 0.430. The number of aromatic nitrogens is 2. The topological polar surface area (TPSA) is 50.4 Å². The molecule has 1 saturated heterocycles. The van der Waals surface area contributed by atoms with Crippen LogP contribution < -0.4 is 4.74 Å². The number of halogens is 1. The van der Waals surface area contributed by atoms with Crippen molar-refractivity contribution in [2.45, 2.75) is 13.0 Å². The van der Waals surface area contributed by atoms with Gasteiger partial charge in [0.15, 0.2) is 0 Å². The van der Waals surface area contributed by atoms with E-state index in [1.807, 2.05) is 13.1 Å². The van der Waals surface area contributed by atoms with Gasteiger partial charge < -0.3 is 9.47 Å². The number of aromatic amines is 1. The molecule has 22 heavy (non-hydrogen) atoms. The maximum absolute atomic E-state index is 12.9. The lowest BCUT2D eigenvalue weighted by molar-refractivity contribution is -0.0149. The van der Waals surface area contributed by atoms with Gasteiger partial charge in [0, 0.05) is 13.1 Å². The minimum Gasteiger partial charge on any atom is -0.492 e. The van der Waals surface area contributed by atoms with E-state index in [0.29, 0.717) is 19.0 Å². The number of rotatable bonds is 5. The quantitative estimate of drug-likeness (QED) is 0.921. The van der Waals surface area contributed by atoms with Crippen LogP contribution in [-0.4, -0.2) is 48.0 Å². The molecule has 0 spiro atoms. The van der Waals surface area contributed by atoms with E-state index in [-0.39, 0.29) is 11.9 Å². The van der Waals surface area contributed by atoms with Crippen molar-refractivity contribution in [3.63, 3.8) is 0 Å². The summed E-state index contributed by atoms with van der Waals surface area (Å²) in [5, 5.41) is 7.16. The normalized spacial score (nSPS) is 19.3. The predicted octanol–water partition coefficient (Wildman–Crippen LogP) is 2.31. The zero-order valence-corrected chi connectivity index (χ0v) is 12.6. The van der Waals surface area contributed by atoms with Crippen LogP contribution in [0.1, 0.15) is 17.3 Å². The summed E-state index contributed by atoms with van der Waals surface area (Å²) in [4.78, 5) is 2.33. The molecule has 1 aliphatic rings. The van der Waals surface area contributed by atoms with Gasteiger partial charge in [-0.05, 0) is 36.8 Å². The lowest BCUT2D eigenvalue weighted by atomic mass is 10.1. The van der Waals surface area contributed by atoms with E-state index in [4.69, 9.17) is 9.47 Å². The molecule has 0 radical (unpaired) electrons. The molecule has 1 N–H and O–H groups in total. The Hall–Kier alpha value is -1.92. The average Bonchev–Trinajstić information content (AvgIpc) is 2.96. The summed E-state index contributed by atoms with van der Waals surface area (Å²) in [5.41, 5.74) is 2.24. The molecule has 1 aromatic carbocycles. The van der Waals surface area contributed by atoms with Crippen LogP contribution in [0.5, 0.6) is 5.75 Å². The molecule has 5 nitrogen and oxygen atoms in total. The van der Waals surface area contributed by atoms with Gasteiger partial charge in [0.2, 0.25) is 0 Å². The van der Waals surface area contributed by atoms with Crippen molar-refractivity contribution in [2.24, 2.45) is 0 Å². The third kappa shape index (κ3) is 3.45. The third-order valence-electron chi connectivity index (χ3n) is 3.90. The van der Waals surface area contributed by atoms with Gasteiger partial charge in [0.05, 0.1) is 31.1 Å². The maximum atomic E-state index is 12.9. The molecule has 1 aliphatic heterocycles. The van der Waals surface area contributed by atoms with E-state index in [1.165, 1.54) is 12.1 Å². The summed E-state index contributed by atoms with van der Waals surface area (Å²) in [7, 11) is 0. The highest BCUT2D eigenvalue weighted by molar-refractivity contribution is 5.22. The van der Waals surface area contributed by atoms with Crippen molar-refractivity contribution >= 4 is 0 Å². The molecule has 0 saturated carbocycles. The molecule has 1 aromatic heterocycles. The summed E-state index contributed by atoms with van der Waals surface area (Å²) < 4.78 is 24.1. The van der Waals surface area contributed by atoms with Crippen LogP contribution >= 0.6 is 0 Å². The standard InChI is InChI=1S/C16H20FN3O2/c1-12-10-18-19-16(12)15-11-21-8-6-20(15)7-9-22-14-4-2-13(17)3-5-14/h2-5,10,15H,6-9,11H2,1H3,(H,18,19)/t15-/m1/s1. The van der Waals surface area contributed by atoms with E-state index in [1.54, 1.807) is 12.1 Å². The van der Waals surface area contributed by atoms with Gasteiger partial charge in [0.1, 0.15) is 18.2 Å². The van der Waals surface area contributed by atoms with Crippen LogP contribution in [0.2, 0.25) is 0 Å². The molecule has 6 heteroatoms. The number of benzene rings is 1. The second-order valence-electron chi connectivity index (χ2n) is 5.40. The van der Waals surface area contributed by atoms with Crippen molar-refractivity contribution in [2.75, 3.05) is 32.9 Å². The summed E-state index contributed by atoms with van der Waals surface area (Å²) in [6, 6.07) is 6.27. The van der Waals surface area contributed by atoms with Crippen LogP contribution in [0.3, 0.4) is 0 Å². The second-order valence-corrected chi connectivity index (χ2v) is 5.40. The Morgan fingerprint density at radius 2 is 2.23 bits per heavy atom. The van der Waals surface area contributed by atoms with Crippen molar-refractivity contribution in [3.8, 4) is 5.75 Å². The van der Waals surface area contributed by atoms with Crippen molar-refractivity contribution < 1.29 is 13.9 Å². The Labute approximate surface area is 129 Å². The molecule has 0 amide bonds. The first-order valence-corrected chi connectivity index (χ1v) is 7.44. The van der Waals surface area contributed by atoms with Gasteiger partial charge in [-0.2, -0.15) is 5.10 Å². The molecule has 0 unspecified atom stereocenters. The second kappa shape index (κ2) is 6.89. The Kier molecular flexibility index (Phi) is 4.70. The van der Waals surface area contributed by atoms with Crippen LogP contribution in [0.25, 0.3) is 0 Å². The number of H-pyrrole nitrogens is 1. The number of morpholine rings is 1. The van der Waals surface area contributed by atoms with E-state index in [9.17, 15) is 4.39 Å². The fraction of sp³-hybridized carbons (Fsp3) is 0.438. The zero-order chi connectivity index (χ0) is 15.4. The number of nitrogens with zero attached hydrogens (tertiary/aromatic N) is 2. The molecule has 1 atom stereocenters. The largest absolute Gasteiger partial charge is 0.492 e. The predicted molar refractivity (Wildman–Crippen MR) is 80.4 cm³/mol. The first-order valence-electron chi connectivity index (χ1n) is 7.44. The minimum atomic E-state index is -0.254. The SMILES string of the molecule is Cc1cn[nH]c1[C@H]1COCCN1CCOc1ccc(F)cc1. The first kappa shape index (κ1) is 15.0. The summed E-state index contributed by atoms with van der Waals surface area (Å²) >= 11 is 0. The molecular weight excluding hydrogens is 285 g/mol.